The standard InChI is InChI=1S/C14H28O4/c1-3-14(9-16,10-17)11-18-12-4-6-13(2,8-15)7-5-12/h12,15-17H,3-11H2,1-2H3. The Morgan fingerprint density at radius 3 is 2.11 bits per heavy atom. The predicted octanol–water partition coefficient (Wildman–Crippen LogP) is 1.33. The smallest absolute Gasteiger partial charge is 0.0575 e. The highest BCUT2D eigenvalue weighted by Crippen LogP contribution is 2.37. The Morgan fingerprint density at radius 2 is 1.72 bits per heavy atom. The first-order chi connectivity index (χ1) is 8.53. The van der Waals surface area contributed by atoms with Crippen LogP contribution in [0.15, 0.2) is 0 Å². The van der Waals surface area contributed by atoms with Crippen LogP contribution in [0.25, 0.3) is 0 Å². The summed E-state index contributed by atoms with van der Waals surface area (Å²) in [5.41, 5.74) is -0.451. The zero-order valence-corrected chi connectivity index (χ0v) is 11.7. The van der Waals surface area contributed by atoms with Crippen molar-refractivity contribution in [3.8, 4) is 0 Å². The molecule has 4 nitrogen and oxygen atoms in total. The largest absolute Gasteiger partial charge is 0.396 e. The molecule has 3 N–H and O–H groups in total. The minimum atomic E-state index is -0.502. The first-order valence-corrected chi connectivity index (χ1v) is 6.97. The normalized spacial score (nSPS) is 29.5. The summed E-state index contributed by atoms with van der Waals surface area (Å²) >= 11 is 0. The van der Waals surface area contributed by atoms with E-state index in [2.05, 4.69) is 6.92 Å². The lowest BCUT2D eigenvalue weighted by molar-refractivity contribution is -0.0796. The van der Waals surface area contributed by atoms with Gasteiger partial charge in [0, 0.05) is 12.0 Å². The number of ether oxygens (including phenoxy) is 1. The maximum Gasteiger partial charge on any atom is 0.0575 e. The van der Waals surface area contributed by atoms with Gasteiger partial charge in [-0.2, -0.15) is 0 Å². The summed E-state index contributed by atoms with van der Waals surface area (Å²) in [5.74, 6) is 0. The molecule has 0 unspecified atom stereocenters. The minimum absolute atomic E-state index is 0.0406. The van der Waals surface area contributed by atoms with Gasteiger partial charge in [-0.15, -0.1) is 0 Å². The molecule has 1 aliphatic rings. The Balaban J connectivity index is 2.37. The molecule has 0 aromatic rings. The van der Waals surface area contributed by atoms with E-state index in [-0.39, 0.29) is 31.3 Å². The minimum Gasteiger partial charge on any atom is -0.396 e. The maximum absolute atomic E-state index is 9.35. The maximum atomic E-state index is 9.35. The Hall–Kier alpha value is -0.160. The van der Waals surface area contributed by atoms with Crippen LogP contribution in [-0.4, -0.2) is 47.9 Å². The van der Waals surface area contributed by atoms with E-state index >= 15 is 0 Å². The third kappa shape index (κ3) is 3.92. The van der Waals surface area contributed by atoms with E-state index < -0.39 is 5.41 Å². The molecule has 0 heterocycles. The molecular formula is C14H28O4. The quantitative estimate of drug-likeness (QED) is 0.646. The summed E-state index contributed by atoms with van der Waals surface area (Å²) in [5, 5.41) is 28.0. The van der Waals surface area contributed by atoms with Crippen LogP contribution in [0, 0.1) is 10.8 Å². The summed E-state index contributed by atoms with van der Waals surface area (Å²) in [6, 6.07) is 0. The van der Waals surface area contributed by atoms with E-state index in [1.54, 1.807) is 0 Å². The molecule has 0 amide bonds. The lowest BCUT2D eigenvalue weighted by atomic mass is 9.75. The third-order valence-electron chi connectivity index (χ3n) is 4.57. The van der Waals surface area contributed by atoms with Crippen LogP contribution < -0.4 is 0 Å². The number of hydrogen-bond acceptors (Lipinski definition) is 4. The Kier molecular flexibility index (Phi) is 6.05. The molecule has 0 saturated heterocycles. The van der Waals surface area contributed by atoms with Crippen molar-refractivity contribution in [2.75, 3.05) is 26.4 Å². The van der Waals surface area contributed by atoms with Crippen LogP contribution >= 0.6 is 0 Å². The fourth-order valence-corrected chi connectivity index (χ4v) is 2.37. The van der Waals surface area contributed by atoms with Gasteiger partial charge in [0.2, 0.25) is 0 Å². The summed E-state index contributed by atoms with van der Waals surface area (Å²) < 4.78 is 5.86. The molecule has 1 aliphatic carbocycles. The van der Waals surface area contributed by atoms with Crippen molar-refractivity contribution in [3.05, 3.63) is 0 Å². The number of hydrogen-bond donors (Lipinski definition) is 3. The van der Waals surface area contributed by atoms with Crippen LogP contribution in [0.5, 0.6) is 0 Å². The van der Waals surface area contributed by atoms with Crippen molar-refractivity contribution in [3.63, 3.8) is 0 Å². The van der Waals surface area contributed by atoms with Crippen molar-refractivity contribution in [1.29, 1.82) is 0 Å². The number of aliphatic hydroxyl groups is 3. The highest BCUT2D eigenvalue weighted by Gasteiger charge is 2.33. The van der Waals surface area contributed by atoms with Gasteiger partial charge < -0.3 is 20.1 Å². The molecule has 0 atom stereocenters. The molecule has 18 heavy (non-hydrogen) atoms. The van der Waals surface area contributed by atoms with E-state index in [9.17, 15) is 15.3 Å². The fraction of sp³-hybridized carbons (Fsp3) is 1.00. The van der Waals surface area contributed by atoms with E-state index in [1.165, 1.54) is 0 Å². The topological polar surface area (TPSA) is 69.9 Å². The van der Waals surface area contributed by atoms with Crippen LogP contribution in [-0.2, 0) is 4.74 Å². The zero-order chi connectivity index (χ0) is 13.6. The van der Waals surface area contributed by atoms with Gasteiger partial charge in [0.05, 0.1) is 25.9 Å². The van der Waals surface area contributed by atoms with E-state index in [0.29, 0.717) is 13.0 Å². The molecule has 0 bridgehead atoms. The van der Waals surface area contributed by atoms with E-state index in [4.69, 9.17) is 4.74 Å². The van der Waals surface area contributed by atoms with Crippen LogP contribution in [0.4, 0.5) is 0 Å². The molecular weight excluding hydrogens is 232 g/mol. The Morgan fingerprint density at radius 1 is 1.17 bits per heavy atom. The molecule has 0 spiro atoms. The molecule has 0 radical (unpaired) electrons. The Bertz CT molecular complexity index is 222. The lowest BCUT2D eigenvalue weighted by Crippen LogP contribution is -2.38. The molecule has 1 fully saturated rings. The van der Waals surface area contributed by atoms with Crippen molar-refractivity contribution in [2.24, 2.45) is 10.8 Å². The van der Waals surface area contributed by atoms with E-state index in [1.807, 2.05) is 6.92 Å². The van der Waals surface area contributed by atoms with E-state index in [0.717, 1.165) is 25.7 Å². The SMILES string of the molecule is CCC(CO)(CO)COC1CCC(C)(CO)CC1. The molecule has 0 aromatic carbocycles. The molecule has 4 heteroatoms. The number of rotatable bonds is 7. The molecule has 1 saturated carbocycles. The summed E-state index contributed by atoms with van der Waals surface area (Å²) in [7, 11) is 0. The highest BCUT2D eigenvalue weighted by molar-refractivity contribution is 4.83. The van der Waals surface area contributed by atoms with Crippen LogP contribution in [0.1, 0.15) is 46.0 Å². The van der Waals surface area contributed by atoms with Gasteiger partial charge in [-0.25, -0.2) is 0 Å². The average molecular weight is 260 g/mol. The van der Waals surface area contributed by atoms with Gasteiger partial charge in [-0.05, 0) is 37.5 Å². The van der Waals surface area contributed by atoms with Gasteiger partial charge >= 0.3 is 0 Å². The van der Waals surface area contributed by atoms with Gasteiger partial charge in [0.15, 0.2) is 0 Å². The fourth-order valence-electron chi connectivity index (χ4n) is 2.37. The van der Waals surface area contributed by atoms with Crippen molar-refractivity contribution < 1.29 is 20.1 Å². The second-order valence-electron chi connectivity index (χ2n) is 6.15. The van der Waals surface area contributed by atoms with Crippen LogP contribution in [0.2, 0.25) is 0 Å². The van der Waals surface area contributed by atoms with Gasteiger partial charge in [0.1, 0.15) is 0 Å². The summed E-state index contributed by atoms with van der Waals surface area (Å²) in [6.07, 6.45) is 4.77. The molecule has 0 aromatic heterocycles. The second kappa shape index (κ2) is 6.85. The first kappa shape index (κ1) is 15.9. The van der Waals surface area contributed by atoms with Crippen molar-refractivity contribution >= 4 is 0 Å². The summed E-state index contributed by atoms with van der Waals surface area (Å²) in [6.45, 7) is 4.64. The van der Waals surface area contributed by atoms with Gasteiger partial charge in [0.25, 0.3) is 0 Å². The highest BCUT2D eigenvalue weighted by atomic mass is 16.5. The zero-order valence-electron chi connectivity index (χ0n) is 11.7. The lowest BCUT2D eigenvalue weighted by Gasteiger charge is -2.37. The van der Waals surface area contributed by atoms with Crippen molar-refractivity contribution in [1.82, 2.24) is 0 Å². The number of aliphatic hydroxyl groups excluding tert-OH is 3. The van der Waals surface area contributed by atoms with Crippen LogP contribution in [0.3, 0.4) is 0 Å². The Labute approximate surface area is 110 Å². The van der Waals surface area contributed by atoms with Gasteiger partial charge in [-0.1, -0.05) is 13.8 Å². The summed E-state index contributed by atoms with van der Waals surface area (Å²) in [4.78, 5) is 0. The average Bonchev–Trinajstić information content (AvgIpc) is 2.43. The third-order valence-corrected chi connectivity index (χ3v) is 4.57. The van der Waals surface area contributed by atoms with Crippen molar-refractivity contribution in [2.45, 2.75) is 52.1 Å². The molecule has 108 valence electrons. The molecule has 0 aliphatic heterocycles. The monoisotopic (exact) mass is 260 g/mol. The molecule has 1 rings (SSSR count). The van der Waals surface area contributed by atoms with Gasteiger partial charge in [-0.3, -0.25) is 0 Å². The first-order valence-electron chi connectivity index (χ1n) is 6.97. The predicted molar refractivity (Wildman–Crippen MR) is 70.3 cm³/mol. The second-order valence-corrected chi connectivity index (χ2v) is 6.15.